The first-order valence-electron chi connectivity index (χ1n) is 24.1. The molecule has 0 fully saturated rings. The molecular weight excluding hydrogens is 1220 g/mol. The van der Waals surface area contributed by atoms with E-state index < -0.39 is 218 Å². The van der Waals surface area contributed by atoms with E-state index in [-0.39, 0.29) is 12.1 Å². The fourth-order valence-corrected chi connectivity index (χ4v) is 8.65. The molecule has 31 heteroatoms. The summed E-state index contributed by atoms with van der Waals surface area (Å²) in [6.07, 6.45) is -48.0. The van der Waals surface area contributed by atoms with E-state index in [9.17, 15) is 115 Å². The van der Waals surface area contributed by atoms with Crippen LogP contribution in [-0.2, 0) is 75.0 Å². The van der Waals surface area contributed by atoms with Crippen LogP contribution in [0.25, 0.3) is 5.57 Å². The Morgan fingerprint density at radius 3 is 0.826 bits per heavy atom. The van der Waals surface area contributed by atoms with Crippen molar-refractivity contribution in [3.05, 3.63) is 184 Å². The van der Waals surface area contributed by atoms with Crippen LogP contribution in [0.3, 0.4) is 0 Å². The number of allylic oxidation sites excluding steroid dienone is 1. The lowest BCUT2D eigenvalue weighted by Crippen LogP contribution is -2.75. The Kier molecular flexibility index (Phi) is 19.1. The van der Waals surface area contributed by atoms with Gasteiger partial charge in [0.05, 0.1) is 56.9 Å². The van der Waals surface area contributed by atoms with Crippen LogP contribution >= 0.6 is 0 Å². The Labute approximate surface area is 471 Å². The van der Waals surface area contributed by atoms with Crippen LogP contribution < -0.4 is 26.4 Å². The molecule has 0 saturated carbocycles. The summed E-state index contributed by atoms with van der Waals surface area (Å²) in [5, 5.41) is 0. The van der Waals surface area contributed by atoms with Crippen molar-refractivity contribution in [1.29, 1.82) is 0 Å². The lowest BCUT2D eigenvalue weighted by molar-refractivity contribution is -0.684. The van der Waals surface area contributed by atoms with E-state index >= 15 is 0 Å². The number of hydrogen-bond donors (Lipinski definition) is 0. The Bertz CT molecular complexity index is 2990. The van der Waals surface area contributed by atoms with Gasteiger partial charge in [0.2, 0.25) is 0 Å². The quantitative estimate of drug-likeness (QED) is 0.0274. The number of ether oxygens (including phenoxy) is 2. The molecule has 1 heterocycles. The summed E-state index contributed by atoms with van der Waals surface area (Å²) in [7, 11) is 0. The number of carbonyl (C=O) groups excluding carboxylic acids is 2. The van der Waals surface area contributed by atoms with E-state index in [1.165, 1.54) is 0 Å². The third-order valence-electron chi connectivity index (χ3n) is 12.1. The summed E-state index contributed by atoms with van der Waals surface area (Å²) in [4.78, 5) is 30.2. The molecule has 0 amide bonds. The van der Waals surface area contributed by atoms with Crippen LogP contribution in [0.5, 0.6) is 0 Å². The van der Waals surface area contributed by atoms with Crippen molar-refractivity contribution in [3.8, 4) is 0 Å². The molecule has 5 aromatic carbocycles. The number of rotatable bonds is 9. The lowest BCUT2D eigenvalue weighted by atomic mass is 9.12. The second-order valence-electron chi connectivity index (χ2n) is 20.9. The summed E-state index contributed by atoms with van der Waals surface area (Å²) in [5.41, 5.74) is -30.6. The van der Waals surface area contributed by atoms with Crippen LogP contribution in [0.4, 0.5) is 105 Å². The molecule has 466 valence electrons. The zero-order chi connectivity index (χ0) is 65.6. The normalized spacial score (nSPS) is 13.4. The van der Waals surface area contributed by atoms with Gasteiger partial charge in [0.15, 0.2) is 24.5 Å². The third kappa shape index (κ3) is 17.2. The van der Waals surface area contributed by atoms with E-state index in [1.54, 1.807) is 66.3 Å². The molecule has 6 nitrogen and oxygen atoms in total. The van der Waals surface area contributed by atoms with Gasteiger partial charge in [-0.05, 0) is 71.4 Å². The van der Waals surface area contributed by atoms with Crippen molar-refractivity contribution in [2.75, 3.05) is 0 Å². The Balaban J connectivity index is 0.000000389. The zero-order valence-electron chi connectivity index (χ0n) is 44.5. The second-order valence-corrected chi connectivity index (χ2v) is 20.9. The van der Waals surface area contributed by atoms with Crippen molar-refractivity contribution in [1.82, 2.24) is 4.98 Å². The van der Waals surface area contributed by atoms with Gasteiger partial charge >= 0.3 is 61.3 Å². The van der Waals surface area contributed by atoms with Gasteiger partial charge < -0.3 is 9.47 Å². The van der Waals surface area contributed by atoms with Gasteiger partial charge in [0.25, 0.3) is 0 Å². The molecule has 0 atom stereocenters. The molecule has 0 aliphatic carbocycles. The number of alkyl halides is 24. The molecule has 0 radical (unpaired) electrons. The predicted molar refractivity (Wildman–Crippen MR) is 260 cm³/mol. The standard InChI is InChI=1S/C32H12BF24.C23H29N2O4/c34-25(35,36)13-1-14(26(37,38)39)6-21(5-13)33(22-7-15(27(40,41)42)2-16(8-22)28(43,44)45,23-9-17(29(46,47)48)3-18(10-23)30(49,50)51)24-11-19(31(52,53)54)4-20(12-24)32(55,56)57;1-22(2,3)28-20(26)19(21(27)29-23(4,5)6)18(17-10-8-7-9-11-17)16-25-14-12-24-13-15-25/h1-12H;7-15H,16H2,1-6H3/q-1;+1. The average molecular weight is 1260 g/mol. The van der Waals surface area contributed by atoms with Crippen LogP contribution in [0.2, 0.25) is 0 Å². The maximum absolute atomic E-state index is 14.2. The number of hydrogen-bond acceptors (Lipinski definition) is 5. The molecule has 0 bridgehead atoms. The molecule has 6 aromatic rings. The summed E-state index contributed by atoms with van der Waals surface area (Å²) >= 11 is 0. The Morgan fingerprint density at radius 2 is 0.616 bits per heavy atom. The van der Waals surface area contributed by atoms with Gasteiger partial charge in [-0.2, -0.15) is 132 Å². The average Bonchev–Trinajstić information content (AvgIpc) is 0.799. The minimum absolute atomic E-state index is 0.106. The number of aromatic nitrogens is 2. The van der Waals surface area contributed by atoms with E-state index in [2.05, 4.69) is 4.98 Å². The fraction of sp³-hybridized carbons (Fsp3) is 0.309. The predicted octanol–water partition coefficient (Wildman–Crippen LogP) is 14.7. The molecule has 0 N–H and O–H groups in total. The van der Waals surface area contributed by atoms with Gasteiger partial charge in [0.1, 0.15) is 17.3 Å². The Hall–Kier alpha value is -7.76. The highest BCUT2D eigenvalue weighted by Crippen LogP contribution is 2.42. The van der Waals surface area contributed by atoms with Crippen LogP contribution in [0, 0.1) is 0 Å². The maximum atomic E-state index is 14.2. The zero-order valence-corrected chi connectivity index (χ0v) is 44.5. The van der Waals surface area contributed by atoms with E-state index in [4.69, 9.17) is 9.47 Å². The van der Waals surface area contributed by atoms with Gasteiger partial charge in [0, 0.05) is 5.57 Å². The summed E-state index contributed by atoms with van der Waals surface area (Å²) < 4.78 is 354. The molecule has 86 heavy (non-hydrogen) atoms. The molecule has 6 rings (SSSR count). The van der Waals surface area contributed by atoms with Gasteiger partial charge in [-0.1, -0.05) is 78.9 Å². The Morgan fingerprint density at radius 1 is 0.384 bits per heavy atom. The molecule has 0 saturated heterocycles. The van der Waals surface area contributed by atoms with Crippen LogP contribution in [0.15, 0.2) is 133 Å². The van der Waals surface area contributed by atoms with Crippen LogP contribution in [-0.4, -0.2) is 34.3 Å². The first-order chi connectivity index (χ1) is 38.7. The smallest absolute Gasteiger partial charge is 0.416 e. The monoisotopic (exact) mass is 1260 g/mol. The first kappa shape index (κ1) is 69.0. The SMILES string of the molecule is CC(C)(C)OC(=O)C(C(=O)OC(C)(C)C)=C(C[n+]1ccncc1)c1ccccc1.FC(F)(F)c1cc([B-](c2cc(C(F)(F)F)cc(C(F)(F)F)c2)(c2cc(C(F)(F)F)cc(C(F)(F)F)c2)c2cc(C(F)(F)F)cc(C(F)(F)F)c2)cc(C(F)(F)F)c1. The van der Waals surface area contributed by atoms with Crippen LogP contribution in [0.1, 0.15) is 91.6 Å². The van der Waals surface area contributed by atoms with E-state index in [1.807, 2.05) is 34.9 Å². The summed E-state index contributed by atoms with van der Waals surface area (Å²) in [6, 6.07) is 0.483. The number of carbonyl (C=O) groups is 2. The number of benzene rings is 5. The van der Waals surface area contributed by atoms with Crippen molar-refractivity contribution >= 4 is 45.5 Å². The minimum Gasteiger partial charge on any atom is -0.456 e. The molecule has 0 aliphatic rings. The second kappa shape index (κ2) is 23.8. The number of esters is 2. The van der Waals surface area contributed by atoms with Crippen molar-refractivity contribution < 1.29 is 129 Å². The lowest BCUT2D eigenvalue weighted by Gasteiger charge is -2.46. The van der Waals surface area contributed by atoms with E-state index in [0.717, 1.165) is 5.56 Å². The van der Waals surface area contributed by atoms with Gasteiger partial charge in [-0.25, -0.2) is 9.59 Å². The highest BCUT2D eigenvalue weighted by atomic mass is 19.4. The highest BCUT2D eigenvalue weighted by Gasteiger charge is 2.47. The molecular formula is C55H41BF24N2O4. The maximum Gasteiger partial charge on any atom is 0.416 e. The molecule has 0 spiro atoms. The number of halogens is 24. The van der Waals surface area contributed by atoms with Crippen molar-refractivity contribution in [2.24, 2.45) is 0 Å². The molecule has 0 aliphatic heterocycles. The van der Waals surface area contributed by atoms with Gasteiger partial charge in [-0.3, -0.25) is 4.98 Å². The minimum atomic E-state index is -6.13. The fourth-order valence-electron chi connectivity index (χ4n) is 8.65. The molecule has 1 aromatic heterocycles. The topological polar surface area (TPSA) is 69.4 Å². The van der Waals surface area contributed by atoms with Crippen molar-refractivity contribution in [2.45, 2.75) is 109 Å². The van der Waals surface area contributed by atoms with E-state index in [0.29, 0.717) is 5.57 Å². The first-order valence-corrected chi connectivity index (χ1v) is 24.1. The summed E-state index contributed by atoms with van der Waals surface area (Å²) in [6.45, 7) is 10.8. The van der Waals surface area contributed by atoms with Crippen molar-refractivity contribution in [3.63, 3.8) is 0 Å². The highest BCUT2D eigenvalue weighted by molar-refractivity contribution is 7.20. The third-order valence-corrected chi connectivity index (χ3v) is 12.1. The number of nitrogens with zero attached hydrogens (tertiary/aromatic N) is 2. The molecule has 0 unspecified atom stereocenters. The largest absolute Gasteiger partial charge is 0.456 e. The summed E-state index contributed by atoms with van der Waals surface area (Å²) in [5.74, 6) is -1.42. The van der Waals surface area contributed by atoms with Gasteiger partial charge in [-0.15, -0.1) is 0 Å².